The molecule has 1 saturated heterocycles. The molecule has 1 fully saturated rings. The van der Waals surface area contributed by atoms with Gasteiger partial charge in [0.2, 0.25) is 0 Å². The summed E-state index contributed by atoms with van der Waals surface area (Å²) in [5, 5.41) is 0. The fraction of sp³-hybridized carbons (Fsp3) is 0.667. The normalized spacial score (nSPS) is 32.6. The Kier molecular flexibility index (Phi) is 4.23. The van der Waals surface area contributed by atoms with Crippen molar-refractivity contribution in [3.05, 3.63) is 29.8 Å². The smallest absolute Gasteiger partial charge is 0.0374 e. The maximum atomic E-state index is 2.63. The van der Waals surface area contributed by atoms with Crippen LogP contribution in [0.25, 0.3) is 0 Å². The van der Waals surface area contributed by atoms with Crippen molar-refractivity contribution in [2.45, 2.75) is 66.0 Å². The highest BCUT2D eigenvalue weighted by atomic mass is 15.2. The number of hydrogen-bond acceptors (Lipinski definition) is 1. The first-order valence-corrected chi connectivity index (χ1v) is 7.85. The van der Waals surface area contributed by atoms with Gasteiger partial charge in [0, 0.05) is 17.8 Å². The summed E-state index contributed by atoms with van der Waals surface area (Å²) >= 11 is 0. The topological polar surface area (TPSA) is 3.24 Å². The molecule has 1 nitrogen and oxygen atoms in total. The minimum atomic E-state index is 0.636. The van der Waals surface area contributed by atoms with Gasteiger partial charge in [-0.3, -0.25) is 0 Å². The van der Waals surface area contributed by atoms with Gasteiger partial charge in [-0.05, 0) is 55.7 Å². The van der Waals surface area contributed by atoms with Gasteiger partial charge in [0.25, 0.3) is 0 Å². The first-order chi connectivity index (χ1) is 8.97. The predicted octanol–water partition coefficient (Wildman–Crippen LogP) is 5.07. The van der Waals surface area contributed by atoms with Crippen LogP contribution in [-0.4, -0.2) is 12.1 Å². The molecule has 5 atom stereocenters. The first-order valence-electron chi connectivity index (χ1n) is 7.85. The molecule has 0 N–H and O–H groups in total. The van der Waals surface area contributed by atoms with E-state index in [1.807, 2.05) is 0 Å². The number of anilines is 1. The summed E-state index contributed by atoms with van der Waals surface area (Å²) in [6.45, 7) is 14.1. The summed E-state index contributed by atoms with van der Waals surface area (Å²) in [4.78, 5) is 2.63. The Morgan fingerprint density at radius 1 is 1.05 bits per heavy atom. The van der Waals surface area contributed by atoms with Crippen molar-refractivity contribution in [1.29, 1.82) is 0 Å². The van der Waals surface area contributed by atoms with E-state index in [4.69, 9.17) is 0 Å². The van der Waals surface area contributed by atoms with E-state index in [2.05, 4.69) is 70.7 Å². The van der Waals surface area contributed by atoms with E-state index in [1.165, 1.54) is 17.7 Å². The first kappa shape index (κ1) is 14.4. The second-order valence-electron chi connectivity index (χ2n) is 6.51. The molecule has 1 aliphatic rings. The maximum Gasteiger partial charge on any atom is 0.0374 e. The second kappa shape index (κ2) is 5.56. The zero-order valence-corrected chi connectivity index (χ0v) is 13.4. The third-order valence-corrected chi connectivity index (χ3v) is 5.58. The number of hydrogen-bond donors (Lipinski definition) is 0. The van der Waals surface area contributed by atoms with Gasteiger partial charge < -0.3 is 4.90 Å². The van der Waals surface area contributed by atoms with Crippen LogP contribution in [0.15, 0.2) is 24.3 Å². The van der Waals surface area contributed by atoms with Gasteiger partial charge in [0.15, 0.2) is 0 Å². The van der Waals surface area contributed by atoms with Gasteiger partial charge >= 0.3 is 0 Å². The van der Waals surface area contributed by atoms with E-state index in [9.17, 15) is 0 Å². The van der Waals surface area contributed by atoms with Crippen LogP contribution in [0.3, 0.4) is 0 Å². The van der Waals surface area contributed by atoms with E-state index in [1.54, 1.807) is 0 Å². The average molecular weight is 259 g/mol. The van der Waals surface area contributed by atoms with Crippen molar-refractivity contribution in [3.8, 4) is 0 Å². The second-order valence-corrected chi connectivity index (χ2v) is 6.51. The van der Waals surface area contributed by atoms with Gasteiger partial charge in [-0.1, -0.05) is 39.8 Å². The lowest BCUT2D eigenvalue weighted by atomic mass is 9.92. The van der Waals surface area contributed by atoms with Crippen LogP contribution in [0.2, 0.25) is 0 Å². The van der Waals surface area contributed by atoms with Gasteiger partial charge in [-0.15, -0.1) is 0 Å². The minimum absolute atomic E-state index is 0.636. The van der Waals surface area contributed by atoms with Gasteiger partial charge in [-0.2, -0.15) is 0 Å². The van der Waals surface area contributed by atoms with Gasteiger partial charge in [0.1, 0.15) is 0 Å². The quantitative estimate of drug-likeness (QED) is 0.732. The van der Waals surface area contributed by atoms with Crippen LogP contribution in [0.1, 0.15) is 59.4 Å². The van der Waals surface area contributed by atoms with Crippen molar-refractivity contribution < 1.29 is 0 Å². The summed E-state index contributed by atoms with van der Waals surface area (Å²) in [6.07, 6.45) is 1.21. The molecular weight excluding hydrogens is 230 g/mol. The van der Waals surface area contributed by atoms with Gasteiger partial charge in [0.05, 0.1) is 0 Å². The molecule has 19 heavy (non-hydrogen) atoms. The minimum Gasteiger partial charge on any atom is -0.366 e. The summed E-state index contributed by atoms with van der Waals surface area (Å²) in [5.41, 5.74) is 2.89. The zero-order chi connectivity index (χ0) is 14.2. The van der Waals surface area contributed by atoms with Crippen LogP contribution in [0.4, 0.5) is 5.69 Å². The monoisotopic (exact) mass is 259 g/mol. The molecule has 0 saturated carbocycles. The predicted molar refractivity (Wildman–Crippen MR) is 84.9 cm³/mol. The van der Waals surface area contributed by atoms with Crippen LogP contribution >= 0.6 is 0 Å². The van der Waals surface area contributed by atoms with E-state index in [0.717, 1.165) is 11.8 Å². The third kappa shape index (κ3) is 2.52. The largest absolute Gasteiger partial charge is 0.366 e. The Bertz CT molecular complexity index is 411. The molecule has 1 heteroatoms. The maximum absolute atomic E-state index is 2.63. The third-order valence-electron chi connectivity index (χ3n) is 5.58. The molecule has 1 aromatic carbocycles. The Morgan fingerprint density at radius 2 is 1.63 bits per heavy atom. The van der Waals surface area contributed by atoms with Crippen LogP contribution < -0.4 is 4.90 Å². The van der Waals surface area contributed by atoms with Gasteiger partial charge in [-0.25, -0.2) is 0 Å². The van der Waals surface area contributed by atoms with Crippen LogP contribution in [-0.2, 0) is 0 Å². The molecule has 106 valence electrons. The molecule has 1 aromatic rings. The van der Waals surface area contributed by atoms with E-state index in [-0.39, 0.29) is 0 Å². The molecule has 0 spiro atoms. The lowest BCUT2D eigenvalue weighted by Gasteiger charge is -2.30. The van der Waals surface area contributed by atoms with Crippen molar-refractivity contribution in [3.63, 3.8) is 0 Å². The highest BCUT2D eigenvalue weighted by Crippen LogP contribution is 2.39. The van der Waals surface area contributed by atoms with Crippen LogP contribution in [0, 0.1) is 11.8 Å². The lowest BCUT2D eigenvalue weighted by Crippen LogP contribution is -2.34. The molecule has 0 aliphatic carbocycles. The van der Waals surface area contributed by atoms with Crippen LogP contribution in [0.5, 0.6) is 0 Å². The summed E-state index contributed by atoms with van der Waals surface area (Å²) < 4.78 is 0. The standard InChI is InChI=1S/C18H29N/c1-7-12(2)17-9-8-10-18(11-17)19-15(5)13(3)14(4)16(19)6/h8-16H,7H2,1-6H3/t12-,13-,14+,15-,16+/m1/s1. The Morgan fingerprint density at radius 3 is 2.16 bits per heavy atom. The summed E-state index contributed by atoms with van der Waals surface area (Å²) in [7, 11) is 0. The number of benzene rings is 1. The van der Waals surface area contributed by atoms with Crippen molar-refractivity contribution in [1.82, 2.24) is 0 Å². The lowest BCUT2D eigenvalue weighted by molar-refractivity contribution is 0.413. The highest BCUT2D eigenvalue weighted by Gasteiger charge is 2.39. The van der Waals surface area contributed by atoms with E-state index >= 15 is 0 Å². The van der Waals surface area contributed by atoms with Crippen molar-refractivity contribution in [2.75, 3.05) is 4.90 Å². The Hall–Kier alpha value is -0.980. The highest BCUT2D eigenvalue weighted by molar-refractivity contribution is 5.52. The summed E-state index contributed by atoms with van der Waals surface area (Å²) in [6, 6.07) is 10.5. The molecule has 0 bridgehead atoms. The molecule has 2 rings (SSSR count). The fourth-order valence-electron chi connectivity index (χ4n) is 3.45. The van der Waals surface area contributed by atoms with Crippen molar-refractivity contribution >= 4 is 5.69 Å². The number of rotatable bonds is 3. The number of nitrogens with zero attached hydrogens (tertiary/aromatic N) is 1. The zero-order valence-electron chi connectivity index (χ0n) is 13.4. The average Bonchev–Trinajstić information content (AvgIpc) is 2.62. The Labute approximate surface area is 119 Å². The summed E-state index contributed by atoms with van der Waals surface area (Å²) in [5.74, 6) is 2.19. The molecule has 0 amide bonds. The van der Waals surface area contributed by atoms with Crippen molar-refractivity contribution in [2.24, 2.45) is 11.8 Å². The SMILES string of the molecule is CC[C@@H](C)c1cccc(N2[C@H](C)[C@H](C)[C@H](C)[C@@H]2C)c1. The fourth-order valence-corrected chi connectivity index (χ4v) is 3.45. The van der Waals surface area contributed by atoms with E-state index in [0.29, 0.717) is 18.0 Å². The molecular formula is C18H29N. The Balaban J connectivity index is 2.32. The molecule has 0 radical (unpaired) electrons. The molecule has 0 aromatic heterocycles. The van der Waals surface area contributed by atoms with E-state index < -0.39 is 0 Å². The molecule has 1 aliphatic heterocycles. The molecule has 1 heterocycles. The molecule has 0 unspecified atom stereocenters.